The lowest BCUT2D eigenvalue weighted by atomic mass is 10.2. The molecule has 2 heterocycles. The predicted molar refractivity (Wildman–Crippen MR) is 105 cm³/mol. The Morgan fingerprint density at radius 2 is 1.82 bits per heavy atom. The molecule has 0 aliphatic carbocycles. The minimum atomic E-state index is -0.259. The Hall–Kier alpha value is -3.81. The van der Waals surface area contributed by atoms with Gasteiger partial charge < -0.3 is 5.32 Å². The molecule has 1 N–H and O–H groups in total. The van der Waals surface area contributed by atoms with E-state index in [0.717, 1.165) is 22.5 Å². The lowest BCUT2D eigenvalue weighted by Gasteiger charge is -2.09. The number of nitrogens with one attached hydrogen (secondary N) is 1. The summed E-state index contributed by atoms with van der Waals surface area (Å²) in [6.07, 6.45) is 0. The molecule has 0 unspecified atom stereocenters. The first-order valence-electron chi connectivity index (χ1n) is 8.85. The molecule has 2 aromatic carbocycles. The van der Waals surface area contributed by atoms with E-state index in [2.05, 4.69) is 25.8 Å². The summed E-state index contributed by atoms with van der Waals surface area (Å²) in [5.74, 6) is 0.816. The van der Waals surface area contributed by atoms with Gasteiger partial charge in [-0.3, -0.25) is 4.79 Å². The van der Waals surface area contributed by atoms with E-state index >= 15 is 0 Å². The molecule has 0 atom stereocenters. The van der Waals surface area contributed by atoms with E-state index in [4.69, 9.17) is 0 Å². The summed E-state index contributed by atoms with van der Waals surface area (Å²) in [7, 11) is 0. The number of carbonyl (C=O) groups is 1. The summed E-state index contributed by atoms with van der Waals surface area (Å²) >= 11 is 0. The summed E-state index contributed by atoms with van der Waals surface area (Å²) in [6.45, 7) is 3.85. The van der Waals surface area contributed by atoms with Gasteiger partial charge in [-0.1, -0.05) is 42.5 Å². The molecule has 0 spiro atoms. The second-order valence-corrected chi connectivity index (χ2v) is 6.48. The molecule has 140 valence electrons. The van der Waals surface area contributed by atoms with Crippen molar-refractivity contribution < 1.29 is 4.79 Å². The van der Waals surface area contributed by atoms with Gasteiger partial charge in [0.1, 0.15) is 12.4 Å². The van der Waals surface area contributed by atoms with Crippen molar-refractivity contribution in [3.05, 3.63) is 71.9 Å². The largest absolute Gasteiger partial charge is 0.309 e. The molecule has 1 amide bonds. The number of benzene rings is 2. The van der Waals surface area contributed by atoms with Crippen molar-refractivity contribution in [2.75, 3.05) is 5.32 Å². The number of carbonyl (C=O) groups excluding carboxylic acids is 1. The Kier molecular flexibility index (Phi) is 4.67. The van der Waals surface area contributed by atoms with Crippen LogP contribution in [0.5, 0.6) is 0 Å². The molecule has 0 bridgehead atoms. The summed E-state index contributed by atoms with van der Waals surface area (Å²) < 4.78 is 1.71. The van der Waals surface area contributed by atoms with E-state index in [-0.39, 0.29) is 12.5 Å². The Bertz CT molecular complexity index is 1110. The fourth-order valence-corrected chi connectivity index (χ4v) is 2.87. The van der Waals surface area contributed by atoms with E-state index in [1.165, 1.54) is 4.80 Å². The Morgan fingerprint density at radius 1 is 1.00 bits per heavy atom. The lowest BCUT2D eigenvalue weighted by molar-refractivity contribution is -0.117. The molecule has 0 aliphatic rings. The van der Waals surface area contributed by atoms with Crippen LogP contribution in [0.25, 0.3) is 17.1 Å². The zero-order valence-corrected chi connectivity index (χ0v) is 15.6. The molecule has 0 saturated carbocycles. The van der Waals surface area contributed by atoms with Crippen LogP contribution in [0.2, 0.25) is 0 Å². The van der Waals surface area contributed by atoms with Gasteiger partial charge in [0.2, 0.25) is 11.7 Å². The van der Waals surface area contributed by atoms with Gasteiger partial charge in [0.05, 0.1) is 11.4 Å². The number of hydrogen-bond acceptors (Lipinski definition) is 5. The van der Waals surface area contributed by atoms with Gasteiger partial charge >= 0.3 is 0 Å². The van der Waals surface area contributed by atoms with Crippen molar-refractivity contribution in [3.63, 3.8) is 0 Å². The lowest BCUT2D eigenvalue weighted by Crippen LogP contribution is -2.22. The number of aromatic nitrogens is 6. The van der Waals surface area contributed by atoms with Gasteiger partial charge in [0.25, 0.3) is 0 Å². The quantitative estimate of drug-likeness (QED) is 0.581. The summed E-state index contributed by atoms with van der Waals surface area (Å²) in [4.78, 5) is 13.8. The van der Waals surface area contributed by atoms with Crippen LogP contribution in [0.3, 0.4) is 0 Å². The molecule has 0 aliphatic heterocycles. The molecule has 0 radical (unpaired) electrons. The molecule has 0 fully saturated rings. The molecule has 4 aromatic rings. The zero-order chi connectivity index (χ0) is 19.5. The second-order valence-electron chi connectivity index (χ2n) is 6.48. The van der Waals surface area contributed by atoms with Crippen molar-refractivity contribution in [2.45, 2.75) is 20.4 Å². The first-order chi connectivity index (χ1) is 13.6. The van der Waals surface area contributed by atoms with Crippen LogP contribution >= 0.6 is 0 Å². The number of rotatable bonds is 5. The molecule has 2 aromatic heterocycles. The number of amides is 1. The standard InChI is InChI=1S/C20H19N7O/c1-14-7-6-10-17(11-14)27-18(12-15(2)23-27)21-19(28)13-26-24-20(22-25-26)16-8-4-3-5-9-16/h3-12H,13H2,1-2H3,(H,21,28). The van der Waals surface area contributed by atoms with Gasteiger partial charge in [0, 0.05) is 11.6 Å². The topological polar surface area (TPSA) is 90.5 Å². The van der Waals surface area contributed by atoms with Crippen LogP contribution in [0.1, 0.15) is 11.3 Å². The molecule has 4 rings (SSSR count). The van der Waals surface area contributed by atoms with Crippen molar-refractivity contribution in [1.82, 2.24) is 30.0 Å². The van der Waals surface area contributed by atoms with Crippen molar-refractivity contribution in [2.24, 2.45) is 0 Å². The number of nitrogens with zero attached hydrogens (tertiary/aromatic N) is 6. The first kappa shape index (κ1) is 17.6. The van der Waals surface area contributed by atoms with Crippen molar-refractivity contribution in [3.8, 4) is 17.1 Å². The molecule has 0 saturated heterocycles. The summed E-state index contributed by atoms with van der Waals surface area (Å²) in [5, 5.41) is 19.6. The Labute approximate surface area is 161 Å². The summed E-state index contributed by atoms with van der Waals surface area (Å²) in [6, 6.07) is 19.2. The fraction of sp³-hybridized carbons (Fsp3) is 0.150. The van der Waals surface area contributed by atoms with Gasteiger partial charge in [0.15, 0.2) is 0 Å². The maximum absolute atomic E-state index is 12.5. The van der Waals surface area contributed by atoms with Crippen LogP contribution < -0.4 is 5.32 Å². The predicted octanol–water partition coefficient (Wildman–Crippen LogP) is 2.78. The highest BCUT2D eigenvalue weighted by Crippen LogP contribution is 2.18. The fourth-order valence-electron chi connectivity index (χ4n) is 2.87. The molecule has 28 heavy (non-hydrogen) atoms. The SMILES string of the molecule is Cc1cccc(-n2nc(C)cc2NC(=O)Cn2nnc(-c3ccccc3)n2)c1. The molecular weight excluding hydrogens is 354 g/mol. The molecule has 8 nitrogen and oxygen atoms in total. The normalized spacial score (nSPS) is 10.8. The molecular formula is C20H19N7O. The average Bonchev–Trinajstić information content (AvgIpc) is 3.29. The van der Waals surface area contributed by atoms with Crippen LogP contribution in [-0.4, -0.2) is 35.9 Å². The van der Waals surface area contributed by atoms with Crippen LogP contribution in [0, 0.1) is 13.8 Å². The maximum atomic E-state index is 12.5. The van der Waals surface area contributed by atoms with Crippen molar-refractivity contribution in [1.29, 1.82) is 0 Å². The second kappa shape index (κ2) is 7.43. The highest BCUT2D eigenvalue weighted by Gasteiger charge is 2.13. The smallest absolute Gasteiger partial charge is 0.249 e. The average molecular weight is 373 g/mol. The van der Waals surface area contributed by atoms with E-state index < -0.39 is 0 Å². The van der Waals surface area contributed by atoms with E-state index in [0.29, 0.717) is 11.6 Å². The number of aryl methyl sites for hydroxylation is 2. The molecule has 8 heteroatoms. The van der Waals surface area contributed by atoms with Gasteiger partial charge in [-0.2, -0.15) is 9.90 Å². The van der Waals surface area contributed by atoms with Gasteiger partial charge in [-0.05, 0) is 36.8 Å². The van der Waals surface area contributed by atoms with Crippen LogP contribution in [0.4, 0.5) is 5.82 Å². The van der Waals surface area contributed by atoms with E-state index in [1.807, 2.05) is 74.5 Å². The third kappa shape index (κ3) is 3.80. The monoisotopic (exact) mass is 373 g/mol. The maximum Gasteiger partial charge on any atom is 0.249 e. The van der Waals surface area contributed by atoms with Gasteiger partial charge in [-0.25, -0.2) is 4.68 Å². The van der Waals surface area contributed by atoms with E-state index in [1.54, 1.807) is 4.68 Å². The van der Waals surface area contributed by atoms with Crippen molar-refractivity contribution >= 4 is 11.7 Å². The van der Waals surface area contributed by atoms with Crippen LogP contribution in [0.15, 0.2) is 60.7 Å². The minimum Gasteiger partial charge on any atom is -0.309 e. The van der Waals surface area contributed by atoms with E-state index in [9.17, 15) is 4.79 Å². The highest BCUT2D eigenvalue weighted by molar-refractivity contribution is 5.90. The van der Waals surface area contributed by atoms with Crippen LogP contribution in [-0.2, 0) is 11.3 Å². The summed E-state index contributed by atoms with van der Waals surface area (Å²) in [5.41, 5.74) is 3.65. The minimum absolute atomic E-state index is 0.0438. The number of anilines is 1. The third-order valence-corrected chi connectivity index (χ3v) is 4.12. The van der Waals surface area contributed by atoms with Gasteiger partial charge in [-0.15, -0.1) is 10.2 Å². The number of hydrogen-bond donors (Lipinski definition) is 1. The first-order valence-corrected chi connectivity index (χ1v) is 8.85. The third-order valence-electron chi connectivity index (χ3n) is 4.12. The Balaban J connectivity index is 1.50. The number of tetrazole rings is 1. The highest BCUT2D eigenvalue weighted by atomic mass is 16.2. The zero-order valence-electron chi connectivity index (χ0n) is 15.6. The Morgan fingerprint density at radius 3 is 2.61 bits per heavy atom.